The van der Waals surface area contributed by atoms with Crippen molar-refractivity contribution in [2.75, 3.05) is 7.11 Å². The fraction of sp³-hybridized carbons (Fsp3) is 0.357. The molecule has 7 heteroatoms. The number of rotatable bonds is 4. The molecule has 0 radical (unpaired) electrons. The lowest BCUT2D eigenvalue weighted by atomic mass is 10.2. The van der Waals surface area contributed by atoms with Crippen LogP contribution in [0.3, 0.4) is 0 Å². The zero-order valence-corrected chi connectivity index (χ0v) is 12.9. The van der Waals surface area contributed by atoms with Gasteiger partial charge in [-0.05, 0) is 19.1 Å². The summed E-state index contributed by atoms with van der Waals surface area (Å²) in [5.74, 6) is 2.77. The monoisotopic (exact) mass is 305 g/mol. The van der Waals surface area contributed by atoms with Gasteiger partial charge in [-0.3, -0.25) is 0 Å². The van der Waals surface area contributed by atoms with Gasteiger partial charge in [0.2, 0.25) is 0 Å². The summed E-state index contributed by atoms with van der Waals surface area (Å²) in [5, 5.41) is 8.13. The van der Waals surface area contributed by atoms with E-state index < -0.39 is 0 Å². The normalized spacial score (nSPS) is 12.8. The molecule has 110 valence electrons. The molecule has 0 fully saturated rings. The van der Waals surface area contributed by atoms with Crippen molar-refractivity contribution in [3.05, 3.63) is 36.2 Å². The van der Waals surface area contributed by atoms with E-state index in [1.807, 2.05) is 29.8 Å². The van der Waals surface area contributed by atoms with Crippen LogP contribution in [0.25, 0.3) is 11.0 Å². The molecule has 0 saturated carbocycles. The molecule has 0 N–H and O–H groups in total. The third-order valence-electron chi connectivity index (χ3n) is 3.60. The molecule has 1 atom stereocenters. The standard InChI is InChI=1S/C14H16ClN5O/c1-9(14-18-16-8-19(14)2)20-12-5-4-10(21-3)6-11(12)17-13(20)7-15/h4-6,8-9H,7H2,1-3H3. The highest BCUT2D eigenvalue weighted by Gasteiger charge is 2.20. The molecule has 3 rings (SSSR count). The van der Waals surface area contributed by atoms with Crippen molar-refractivity contribution in [3.8, 4) is 5.75 Å². The Bertz CT molecular complexity index is 779. The van der Waals surface area contributed by atoms with Gasteiger partial charge in [0.15, 0.2) is 5.82 Å². The molecular formula is C14H16ClN5O. The summed E-state index contributed by atoms with van der Waals surface area (Å²) in [6.07, 6.45) is 1.69. The topological polar surface area (TPSA) is 57.8 Å². The van der Waals surface area contributed by atoms with Gasteiger partial charge in [-0.1, -0.05) is 0 Å². The van der Waals surface area contributed by atoms with Crippen molar-refractivity contribution >= 4 is 22.6 Å². The van der Waals surface area contributed by atoms with Crippen LogP contribution in [0, 0.1) is 0 Å². The average molecular weight is 306 g/mol. The van der Waals surface area contributed by atoms with E-state index in [2.05, 4.69) is 26.7 Å². The van der Waals surface area contributed by atoms with Gasteiger partial charge in [-0.2, -0.15) is 0 Å². The number of methoxy groups -OCH3 is 1. The zero-order chi connectivity index (χ0) is 15.0. The zero-order valence-electron chi connectivity index (χ0n) is 12.1. The van der Waals surface area contributed by atoms with Gasteiger partial charge in [0.05, 0.1) is 30.1 Å². The minimum absolute atomic E-state index is 0.00959. The van der Waals surface area contributed by atoms with E-state index in [0.717, 1.165) is 28.4 Å². The Morgan fingerprint density at radius 3 is 2.81 bits per heavy atom. The highest BCUT2D eigenvalue weighted by molar-refractivity contribution is 6.16. The van der Waals surface area contributed by atoms with Crippen LogP contribution in [0.2, 0.25) is 0 Å². The number of benzene rings is 1. The van der Waals surface area contributed by atoms with Crippen LogP contribution >= 0.6 is 11.6 Å². The summed E-state index contributed by atoms with van der Waals surface area (Å²) < 4.78 is 9.24. The predicted octanol–water partition coefficient (Wildman–Crippen LogP) is 2.52. The lowest BCUT2D eigenvalue weighted by Crippen LogP contribution is -2.14. The number of halogens is 1. The van der Waals surface area contributed by atoms with Crippen LogP contribution < -0.4 is 4.74 Å². The molecule has 3 aromatic rings. The molecule has 6 nitrogen and oxygen atoms in total. The molecule has 0 aliphatic rings. The lowest BCUT2D eigenvalue weighted by Gasteiger charge is -2.16. The molecular weight excluding hydrogens is 290 g/mol. The van der Waals surface area contributed by atoms with Crippen LogP contribution in [0.1, 0.15) is 24.6 Å². The van der Waals surface area contributed by atoms with Crippen LogP contribution in [0.15, 0.2) is 24.5 Å². The summed E-state index contributed by atoms with van der Waals surface area (Å²) >= 11 is 6.07. The quantitative estimate of drug-likeness (QED) is 0.695. The number of hydrogen-bond donors (Lipinski definition) is 0. The summed E-state index contributed by atoms with van der Waals surface area (Å²) in [4.78, 5) is 4.59. The third-order valence-corrected chi connectivity index (χ3v) is 3.84. The highest BCUT2D eigenvalue weighted by Crippen LogP contribution is 2.28. The number of hydrogen-bond acceptors (Lipinski definition) is 4. The van der Waals surface area contributed by atoms with Crippen molar-refractivity contribution in [2.45, 2.75) is 18.8 Å². The first-order chi connectivity index (χ1) is 10.2. The van der Waals surface area contributed by atoms with E-state index in [9.17, 15) is 0 Å². The Labute approximate surface area is 127 Å². The Kier molecular flexibility index (Phi) is 3.55. The largest absolute Gasteiger partial charge is 0.497 e. The lowest BCUT2D eigenvalue weighted by molar-refractivity contribution is 0.415. The van der Waals surface area contributed by atoms with Crippen LogP contribution in [-0.4, -0.2) is 31.4 Å². The molecule has 1 aromatic carbocycles. The van der Waals surface area contributed by atoms with Gasteiger partial charge in [0.1, 0.15) is 17.9 Å². The second-order valence-corrected chi connectivity index (χ2v) is 5.13. The highest BCUT2D eigenvalue weighted by atomic mass is 35.5. The van der Waals surface area contributed by atoms with Crippen molar-refractivity contribution in [1.29, 1.82) is 0 Å². The first-order valence-electron chi connectivity index (χ1n) is 6.60. The fourth-order valence-corrected chi connectivity index (χ4v) is 2.76. The van der Waals surface area contributed by atoms with E-state index in [1.165, 1.54) is 0 Å². The summed E-state index contributed by atoms with van der Waals surface area (Å²) in [6, 6.07) is 5.81. The van der Waals surface area contributed by atoms with Crippen molar-refractivity contribution in [2.24, 2.45) is 7.05 Å². The van der Waals surface area contributed by atoms with Gasteiger partial charge in [-0.15, -0.1) is 21.8 Å². The second-order valence-electron chi connectivity index (χ2n) is 4.86. The van der Waals surface area contributed by atoms with E-state index in [1.54, 1.807) is 13.4 Å². The maximum Gasteiger partial charge on any atom is 0.155 e. The molecule has 0 aliphatic heterocycles. The summed E-state index contributed by atoms with van der Waals surface area (Å²) in [6.45, 7) is 2.06. The molecule has 0 bridgehead atoms. The van der Waals surface area contributed by atoms with E-state index in [-0.39, 0.29) is 6.04 Å². The van der Waals surface area contributed by atoms with Gasteiger partial charge < -0.3 is 13.9 Å². The van der Waals surface area contributed by atoms with E-state index in [4.69, 9.17) is 16.3 Å². The molecule has 21 heavy (non-hydrogen) atoms. The SMILES string of the molecule is COc1ccc2c(c1)nc(CCl)n2C(C)c1nncn1C. The number of alkyl halides is 1. The van der Waals surface area contributed by atoms with E-state index in [0.29, 0.717) is 5.88 Å². The molecule has 0 saturated heterocycles. The van der Waals surface area contributed by atoms with Gasteiger partial charge in [0, 0.05) is 13.1 Å². The van der Waals surface area contributed by atoms with Gasteiger partial charge >= 0.3 is 0 Å². The van der Waals surface area contributed by atoms with Crippen LogP contribution in [-0.2, 0) is 12.9 Å². The second kappa shape index (κ2) is 5.37. The molecule has 2 heterocycles. The maximum absolute atomic E-state index is 6.07. The number of ether oxygens (including phenoxy) is 1. The number of aromatic nitrogens is 5. The first kappa shape index (κ1) is 13.9. The Morgan fingerprint density at radius 2 is 2.19 bits per heavy atom. The summed E-state index contributed by atoms with van der Waals surface area (Å²) in [7, 11) is 3.57. The maximum atomic E-state index is 6.07. The van der Waals surface area contributed by atoms with E-state index >= 15 is 0 Å². The number of fused-ring (bicyclic) bond motifs is 1. The number of nitrogens with zero attached hydrogens (tertiary/aromatic N) is 5. The van der Waals surface area contributed by atoms with Gasteiger partial charge in [-0.25, -0.2) is 4.98 Å². The summed E-state index contributed by atoms with van der Waals surface area (Å²) in [5.41, 5.74) is 1.86. The first-order valence-corrected chi connectivity index (χ1v) is 7.14. The van der Waals surface area contributed by atoms with Crippen molar-refractivity contribution in [3.63, 3.8) is 0 Å². The van der Waals surface area contributed by atoms with Crippen LogP contribution in [0.4, 0.5) is 0 Å². The third kappa shape index (κ3) is 2.25. The van der Waals surface area contributed by atoms with Crippen LogP contribution in [0.5, 0.6) is 5.75 Å². The smallest absolute Gasteiger partial charge is 0.155 e. The minimum atomic E-state index is -0.00959. The van der Waals surface area contributed by atoms with Crippen molar-refractivity contribution in [1.82, 2.24) is 24.3 Å². The minimum Gasteiger partial charge on any atom is -0.497 e. The molecule has 1 unspecified atom stereocenters. The Balaban J connectivity index is 2.18. The van der Waals surface area contributed by atoms with Gasteiger partial charge in [0.25, 0.3) is 0 Å². The Morgan fingerprint density at radius 1 is 1.38 bits per heavy atom. The van der Waals surface area contributed by atoms with Crippen molar-refractivity contribution < 1.29 is 4.74 Å². The molecule has 2 aromatic heterocycles. The number of imidazole rings is 1. The molecule has 0 amide bonds. The number of aryl methyl sites for hydroxylation is 1. The average Bonchev–Trinajstić information content (AvgIpc) is 3.08. The Hall–Kier alpha value is -2.08. The molecule has 0 spiro atoms. The predicted molar refractivity (Wildman–Crippen MR) is 80.7 cm³/mol. The molecule has 0 aliphatic carbocycles. The fourth-order valence-electron chi connectivity index (χ4n) is 2.57.